The first-order chi connectivity index (χ1) is 66.1. The van der Waals surface area contributed by atoms with Crippen molar-refractivity contribution in [2.24, 2.45) is 0 Å². The van der Waals surface area contributed by atoms with Crippen LogP contribution in [0.25, 0.3) is 220 Å². The number of hydrogen-bond donors (Lipinski definition) is 0. The standard InChI is InChI=1S/2C65H42O2/c1-39-30-34-41(35-31-39)65(42-36-32-40(2)33-37-42)56-25-6-3-14-45(56)50-23-11-24-53(64(50)65)61-48-19-9-17-43(46-21-12-28-59-62(46)51-15-4-7-26-57(51)66-59)54(48)38-55-44(18-10-20-49(55)61)47-22-13-29-60-63(47)52-16-5-8-27-58(52)67-60;1-39-24-30-43(31-25-39)65(44-32-26-40(2)27-33-44)58-21-6-3-12-47(58)52-19-11-20-53(64(52)65)63-50-17-9-15-45(41-28-34-61-56(36-41)48-13-4-7-22-59(48)66-61)54(50)38-55-46(16-10-18-51(55)63)42-29-35-62-57(37-42)49-14-5-8-23-60(49)67-62/h2*3-38H,1-2H3. The molecule has 2 aliphatic rings. The largest absolute Gasteiger partial charge is 0.456 e. The van der Waals surface area contributed by atoms with Gasteiger partial charge in [0.2, 0.25) is 0 Å². The van der Waals surface area contributed by atoms with Crippen LogP contribution in [0.5, 0.6) is 0 Å². The predicted molar refractivity (Wildman–Crippen MR) is 558 cm³/mol. The molecule has 2 aliphatic carbocycles. The van der Waals surface area contributed by atoms with Gasteiger partial charge in [0, 0.05) is 43.1 Å². The Kier molecular flexibility index (Phi) is 17.1. The molecule has 628 valence electrons. The van der Waals surface area contributed by atoms with Crippen molar-refractivity contribution in [1.29, 1.82) is 0 Å². The van der Waals surface area contributed by atoms with E-state index in [9.17, 15) is 0 Å². The van der Waals surface area contributed by atoms with Crippen LogP contribution in [0.2, 0.25) is 0 Å². The highest BCUT2D eigenvalue weighted by molar-refractivity contribution is 6.26. The Morgan fingerprint density at radius 2 is 0.410 bits per heavy atom. The highest BCUT2D eigenvalue weighted by Crippen LogP contribution is 2.63. The van der Waals surface area contributed by atoms with Gasteiger partial charge in [0.1, 0.15) is 44.7 Å². The molecular formula is C130H84O4. The summed E-state index contributed by atoms with van der Waals surface area (Å²) in [6.07, 6.45) is 0. The number of rotatable bonds is 10. The lowest BCUT2D eigenvalue weighted by atomic mass is 9.65. The van der Waals surface area contributed by atoms with Gasteiger partial charge in [-0.2, -0.15) is 0 Å². The summed E-state index contributed by atoms with van der Waals surface area (Å²) in [4.78, 5) is 0. The van der Waals surface area contributed by atoms with Crippen LogP contribution in [0, 0.1) is 27.7 Å². The molecule has 4 aromatic heterocycles. The van der Waals surface area contributed by atoms with Gasteiger partial charge >= 0.3 is 0 Å². The monoisotopic (exact) mass is 1710 g/mol. The fourth-order valence-electron chi connectivity index (χ4n) is 23.6. The zero-order valence-corrected chi connectivity index (χ0v) is 74.2. The number of fused-ring (bicyclic) bond motifs is 22. The first-order valence-electron chi connectivity index (χ1n) is 46.5. The Balaban J connectivity index is 0.000000136. The van der Waals surface area contributed by atoms with Crippen molar-refractivity contribution in [3.8, 4) is 89.0 Å². The molecular weight excluding hydrogens is 1630 g/mol. The molecule has 4 heterocycles. The quantitative estimate of drug-likeness (QED) is 0.128. The van der Waals surface area contributed by atoms with Gasteiger partial charge in [0.05, 0.1) is 10.8 Å². The second-order valence-corrected chi connectivity index (χ2v) is 36.8. The van der Waals surface area contributed by atoms with E-state index in [0.717, 1.165) is 110 Å². The van der Waals surface area contributed by atoms with Gasteiger partial charge in [0.25, 0.3) is 0 Å². The summed E-state index contributed by atoms with van der Waals surface area (Å²) in [5.41, 5.74) is 40.4. The van der Waals surface area contributed by atoms with Crippen LogP contribution in [0.4, 0.5) is 0 Å². The third-order valence-electron chi connectivity index (χ3n) is 29.4. The van der Waals surface area contributed by atoms with Crippen molar-refractivity contribution in [1.82, 2.24) is 0 Å². The average molecular weight is 1710 g/mol. The minimum absolute atomic E-state index is 0.603. The van der Waals surface area contributed by atoms with Gasteiger partial charge in [0.15, 0.2) is 0 Å². The second kappa shape index (κ2) is 29.8. The third kappa shape index (κ3) is 11.4. The molecule has 134 heavy (non-hydrogen) atoms. The second-order valence-electron chi connectivity index (χ2n) is 36.8. The minimum Gasteiger partial charge on any atom is -0.456 e. The van der Waals surface area contributed by atoms with Gasteiger partial charge in [-0.3, -0.25) is 0 Å². The summed E-state index contributed by atoms with van der Waals surface area (Å²) >= 11 is 0. The van der Waals surface area contributed by atoms with Crippen molar-refractivity contribution in [3.05, 3.63) is 504 Å². The topological polar surface area (TPSA) is 52.6 Å². The molecule has 0 saturated carbocycles. The minimum atomic E-state index is -0.615. The fourth-order valence-corrected chi connectivity index (χ4v) is 23.6. The maximum Gasteiger partial charge on any atom is 0.136 e. The van der Waals surface area contributed by atoms with Crippen molar-refractivity contribution >= 4 is 131 Å². The Labute approximate surface area is 774 Å². The van der Waals surface area contributed by atoms with E-state index in [1.807, 2.05) is 12.1 Å². The van der Waals surface area contributed by atoms with Gasteiger partial charge in [-0.05, 0) is 277 Å². The molecule has 22 aromatic carbocycles. The van der Waals surface area contributed by atoms with Crippen molar-refractivity contribution < 1.29 is 17.7 Å². The van der Waals surface area contributed by atoms with Crippen LogP contribution in [0.3, 0.4) is 0 Å². The van der Waals surface area contributed by atoms with E-state index in [-0.39, 0.29) is 0 Å². The maximum absolute atomic E-state index is 6.53. The number of aryl methyl sites for hydroxylation is 4. The molecule has 0 unspecified atom stereocenters. The molecule has 0 amide bonds. The highest BCUT2D eigenvalue weighted by Gasteiger charge is 2.50. The molecule has 0 radical (unpaired) electrons. The van der Waals surface area contributed by atoms with E-state index < -0.39 is 10.8 Å². The van der Waals surface area contributed by atoms with Gasteiger partial charge in [-0.15, -0.1) is 0 Å². The molecule has 28 rings (SSSR count). The molecule has 0 N–H and O–H groups in total. The van der Waals surface area contributed by atoms with E-state index in [2.05, 4.69) is 452 Å². The molecule has 4 nitrogen and oxygen atoms in total. The molecule has 0 fully saturated rings. The zero-order valence-electron chi connectivity index (χ0n) is 74.2. The van der Waals surface area contributed by atoms with E-state index >= 15 is 0 Å². The summed E-state index contributed by atoms with van der Waals surface area (Å²) < 4.78 is 25.8. The molecule has 26 aromatic rings. The van der Waals surface area contributed by atoms with Crippen LogP contribution in [-0.4, -0.2) is 0 Å². The molecule has 0 aliphatic heterocycles. The van der Waals surface area contributed by atoms with Crippen LogP contribution in [0.15, 0.2) is 454 Å². The lowest BCUT2D eigenvalue weighted by Crippen LogP contribution is -2.29. The Morgan fingerprint density at radius 3 is 0.791 bits per heavy atom. The SMILES string of the molecule is Cc1ccc(C2(c3ccc(C)cc3)c3ccccc3-c3cccc(-c4c5cccc(-c6ccc7oc8ccccc8c7c6)c5cc5c(-c6ccc7oc8ccccc8c7c6)cccc45)c32)cc1.Cc1ccc(C2(c3ccc(C)cc3)c3ccccc3-c3cccc(-c4c5cccc(-c6cccc7oc8ccccc8c67)c5cc5c(-c6cccc7oc8ccccc8c67)cccc45)c32)cc1. The summed E-state index contributed by atoms with van der Waals surface area (Å²) in [6.45, 7) is 8.73. The lowest BCUT2D eigenvalue weighted by Gasteiger charge is -2.36. The van der Waals surface area contributed by atoms with Gasteiger partial charge < -0.3 is 17.7 Å². The van der Waals surface area contributed by atoms with Gasteiger partial charge in [-0.25, -0.2) is 0 Å². The lowest BCUT2D eigenvalue weighted by molar-refractivity contribution is 0.668. The van der Waals surface area contributed by atoms with Gasteiger partial charge in [-0.1, -0.05) is 386 Å². The Hall–Kier alpha value is -16.9. The first kappa shape index (κ1) is 77.1. The zero-order chi connectivity index (χ0) is 88.8. The van der Waals surface area contributed by atoms with E-state index in [0.29, 0.717) is 0 Å². The molecule has 0 atom stereocenters. The normalized spacial score (nSPS) is 13.0. The molecule has 4 heteroatoms. The maximum atomic E-state index is 6.53. The highest BCUT2D eigenvalue weighted by atomic mass is 16.3. The average Bonchev–Trinajstić information content (AvgIpc) is 1.54. The van der Waals surface area contributed by atoms with E-state index in [4.69, 9.17) is 17.7 Å². The van der Waals surface area contributed by atoms with Crippen LogP contribution in [-0.2, 0) is 10.8 Å². The summed E-state index contributed by atoms with van der Waals surface area (Å²) in [7, 11) is 0. The van der Waals surface area contributed by atoms with Crippen molar-refractivity contribution in [3.63, 3.8) is 0 Å². The Bertz CT molecular complexity index is 8980. The number of hydrogen-bond acceptors (Lipinski definition) is 4. The van der Waals surface area contributed by atoms with Crippen LogP contribution >= 0.6 is 0 Å². The first-order valence-corrected chi connectivity index (χ1v) is 46.5. The number of furan rings is 4. The number of para-hydroxylation sites is 4. The summed E-state index contributed by atoms with van der Waals surface area (Å²) in [6, 6.07) is 162. The summed E-state index contributed by atoms with van der Waals surface area (Å²) in [5, 5.41) is 18.6. The predicted octanol–water partition coefficient (Wildman–Crippen LogP) is 35.5. The fraction of sp³-hybridized carbons (Fsp3) is 0.0462. The smallest absolute Gasteiger partial charge is 0.136 e. The van der Waals surface area contributed by atoms with Crippen LogP contribution in [0.1, 0.15) is 66.8 Å². The molecule has 0 saturated heterocycles. The van der Waals surface area contributed by atoms with Crippen molar-refractivity contribution in [2.75, 3.05) is 0 Å². The molecule has 0 bridgehead atoms. The third-order valence-corrected chi connectivity index (χ3v) is 29.4. The Morgan fingerprint density at radius 1 is 0.157 bits per heavy atom. The summed E-state index contributed by atoms with van der Waals surface area (Å²) in [5.74, 6) is 0. The molecule has 0 spiro atoms. The van der Waals surface area contributed by atoms with E-state index in [1.54, 1.807) is 0 Å². The van der Waals surface area contributed by atoms with E-state index in [1.165, 1.54) is 177 Å². The van der Waals surface area contributed by atoms with Crippen LogP contribution < -0.4 is 0 Å². The number of benzene rings is 22. The van der Waals surface area contributed by atoms with Crippen molar-refractivity contribution in [2.45, 2.75) is 38.5 Å².